The van der Waals surface area contributed by atoms with Crippen LogP contribution in [0.1, 0.15) is 39.1 Å². The molecular weight excluding hydrogens is 218 g/mol. The summed E-state index contributed by atoms with van der Waals surface area (Å²) in [6.07, 6.45) is 3.27. The average molecular weight is 239 g/mol. The van der Waals surface area contributed by atoms with Crippen molar-refractivity contribution in [1.82, 2.24) is 14.8 Å². The fourth-order valence-corrected chi connectivity index (χ4v) is 2.46. The van der Waals surface area contributed by atoms with Gasteiger partial charge in [0.15, 0.2) is 0 Å². The topological polar surface area (TPSA) is 60.2 Å². The molecule has 2 atom stereocenters. The third kappa shape index (κ3) is 2.21. The molecule has 2 unspecified atom stereocenters. The number of rotatable bonds is 4. The summed E-state index contributed by atoms with van der Waals surface area (Å²) in [6, 6.07) is 0.292. The second-order valence-electron chi connectivity index (χ2n) is 5.17. The zero-order valence-electron chi connectivity index (χ0n) is 10.8. The van der Waals surface area contributed by atoms with E-state index in [9.17, 15) is 5.11 Å². The number of aromatic nitrogens is 3. The monoisotopic (exact) mass is 239 g/mol. The standard InChI is InChI=1S/C12H21N3O2/c1-9(2)15-11(13-8-14-15)6-12(7-16)4-5-17-10(12)3/h8-10,16H,4-7H2,1-3H3. The SMILES string of the molecule is CC(C)n1ncnc1CC1(CO)CCOC1C. The maximum absolute atomic E-state index is 9.68. The summed E-state index contributed by atoms with van der Waals surface area (Å²) >= 11 is 0. The van der Waals surface area contributed by atoms with E-state index in [2.05, 4.69) is 23.9 Å². The van der Waals surface area contributed by atoms with Crippen molar-refractivity contribution in [2.75, 3.05) is 13.2 Å². The van der Waals surface area contributed by atoms with Crippen LogP contribution in [0.25, 0.3) is 0 Å². The van der Waals surface area contributed by atoms with Gasteiger partial charge in [-0.15, -0.1) is 0 Å². The molecule has 2 rings (SSSR count). The van der Waals surface area contributed by atoms with E-state index in [1.165, 1.54) is 0 Å². The van der Waals surface area contributed by atoms with Gasteiger partial charge in [-0.1, -0.05) is 0 Å². The molecule has 1 aliphatic heterocycles. The van der Waals surface area contributed by atoms with E-state index in [0.717, 1.165) is 25.3 Å². The zero-order chi connectivity index (χ0) is 12.5. The van der Waals surface area contributed by atoms with E-state index >= 15 is 0 Å². The van der Waals surface area contributed by atoms with Gasteiger partial charge < -0.3 is 9.84 Å². The van der Waals surface area contributed by atoms with Crippen molar-refractivity contribution >= 4 is 0 Å². The van der Waals surface area contributed by atoms with Gasteiger partial charge in [-0.2, -0.15) is 5.10 Å². The third-order valence-corrected chi connectivity index (χ3v) is 3.79. The Hall–Kier alpha value is -0.940. The average Bonchev–Trinajstić information content (AvgIpc) is 2.87. The molecule has 0 aliphatic carbocycles. The molecule has 17 heavy (non-hydrogen) atoms. The van der Waals surface area contributed by atoms with Crippen LogP contribution in [0.2, 0.25) is 0 Å². The molecule has 1 saturated heterocycles. The fourth-order valence-electron chi connectivity index (χ4n) is 2.46. The van der Waals surface area contributed by atoms with Crippen LogP contribution in [0.15, 0.2) is 6.33 Å². The van der Waals surface area contributed by atoms with E-state index in [1.807, 2.05) is 11.6 Å². The van der Waals surface area contributed by atoms with Crippen molar-refractivity contribution in [2.24, 2.45) is 5.41 Å². The van der Waals surface area contributed by atoms with Crippen LogP contribution < -0.4 is 0 Å². The first-order valence-corrected chi connectivity index (χ1v) is 6.20. The minimum Gasteiger partial charge on any atom is -0.396 e. The number of nitrogens with zero attached hydrogens (tertiary/aromatic N) is 3. The second kappa shape index (κ2) is 4.74. The molecule has 5 nitrogen and oxygen atoms in total. The maximum Gasteiger partial charge on any atom is 0.138 e. The first-order chi connectivity index (χ1) is 8.09. The fraction of sp³-hybridized carbons (Fsp3) is 0.833. The summed E-state index contributed by atoms with van der Waals surface area (Å²) in [6.45, 7) is 7.05. The maximum atomic E-state index is 9.68. The smallest absolute Gasteiger partial charge is 0.138 e. The molecule has 2 heterocycles. The molecule has 5 heteroatoms. The van der Waals surface area contributed by atoms with Gasteiger partial charge in [-0.3, -0.25) is 0 Å². The lowest BCUT2D eigenvalue weighted by Gasteiger charge is -2.29. The van der Waals surface area contributed by atoms with Crippen LogP contribution in [-0.2, 0) is 11.2 Å². The highest BCUT2D eigenvalue weighted by Gasteiger charge is 2.42. The largest absolute Gasteiger partial charge is 0.396 e. The quantitative estimate of drug-likeness (QED) is 0.857. The van der Waals surface area contributed by atoms with Gasteiger partial charge >= 0.3 is 0 Å². The van der Waals surface area contributed by atoms with Crippen molar-refractivity contribution in [3.05, 3.63) is 12.2 Å². The minimum atomic E-state index is -0.195. The molecule has 1 aromatic heterocycles. The van der Waals surface area contributed by atoms with E-state index in [0.29, 0.717) is 6.04 Å². The Morgan fingerprint density at radius 2 is 2.41 bits per heavy atom. The Morgan fingerprint density at radius 1 is 1.65 bits per heavy atom. The van der Waals surface area contributed by atoms with Gasteiger partial charge in [0.25, 0.3) is 0 Å². The summed E-state index contributed by atoms with van der Waals surface area (Å²) < 4.78 is 7.51. The van der Waals surface area contributed by atoms with Crippen LogP contribution in [-0.4, -0.2) is 39.2 Å². The molecule has 0 aromatic carbocycles. The van der Waals surface area contributed by atoms with Crippen LogP contribution in [0.4, 0.5) is 0 Å². The van der Waals surface area contributed by atoms with Gasteiger partial charge in [-0.05, 0) is 27.2 Å². The number of hydrogen-bond donors (Lipinski definition) is 1. The molecule has 0 bridgehead atoms. The molecule has 1 fully saturated rings. The van der Waals surface area contributed by atoms with Crippen molar-refractivity contribution < 1.29 is 9.84 Å². The predicted octanol–water partition coefficient (Wildman–Crippen LogP) is 1.19. The van der Waals surface area contributed by atoms with Gasteiger partial charge in [0, 0.05) is 24.5 Å². The molecule has 96 valence electrons. The number of aliphatic hydroxyl groups excluding tert-OH is 1. The van der Waals surface area contributed by atoms with Crippen LogP contribution in [0, 0.1) is 5.41 Å². The first kappa shape index (κ1) is 12.5. The number of ether oxygens (including phenoxy) is 1. The van der Waals surface area contributed by atoms with Crippen LogP contribution in [0.3, 0.4) is 0 Å². The summed E-state index contributed by atoms with van der Waals surface area (Å²) in [4.78, 5) is 4.31. The van der Waals surface area contributed by atoms with E-state index < -0.39 is 0 Å². The highest BCUT2D eigenvalue weighted by molar-refractivity contribution is 4.99. The Labute approximate surface area is 102 Å². The van der Waals surface area contributed by atoms with Crippen molar-refractivity contribution in [2.45, 2.75) is 45.8 Å². The van der Waals surface area contributed by atoms with Gasteiger partial charge in [-0.25, -0.2) is 9.67 Å². The molecule has 1 aromatic rings. The Bertz CT molecular complexity index is 378. The molecule has 0 radical (unpaired) electrons. The van der Waals surface area contributed by atoms with Crippen molar-refractivity contribution in [3.63, 3.8) is 0 Å². The van der Waals surface area contributed by atoms with Gasteiger partial charge in [0.05, 0.1) is 12.7 Å². The Balaban J connectivity index is 2.21. The van der Waals surface area contributed by atoms with Gasteiger partial charge in [0.2, 0.25) is 0 Å². The predicted molar refractivity (Wildman–Crippen MR) is 63.7 cm³/mol. The highest BCUT2D eigenvalue weighted by atomic mass is 16.5. The summed E-state index contributed by atoms with van der Waals surface area (Å²) in [5, 5.41) is 13.9. The Kier molecular flexibility index (Phi) is 3.49. The normalized spacial score (nSPS) is 29.1. The van der Waals surface area contributed by atoms with E-state index in [4.69, 9.17) is 4.74 Å². The highest BCUT2D eigenvalue weighted by Crippen LogP contribution is 2.37. The lowest BCUT2D eigenvalue weighted by molar-refractivity contribution is 0.0253. The third-order valence-electron chi connectivity index (χ3n) is 3.79. The minimum absolute atomic E-state index is 0.0739. The molecular formula is C12H21N3O2. The molecule has 1 aliphatic rings. The van der Waals surface area contributed by atoms with Gasteiger partial charge in [0.1, 0.15) is 12.2 Å². The second-order valence-corrected chi connectivity index (χ2v) is 5.17. The van der Waals surface area contributed by atoms with Crippen molar-refractivity contribution in [3.8, 4) is 0 Å². The lowest BCUT2D eigenvalue weighted by atomic mass is 9.79. The number of aliphatic hydroxyl groups is 1. The summed E-state index contributed by atoms with van der Waals surface area (Å²) in [5.74, 6) is 0.936. The lowest BCUT2D eigenvalue weighted by Crippen LogP contribution is -2.36. The first-order valence-electron chi connectivity index (χ1n) is 6.20. The molecule has 0 saturated carbocycles. The van der Waals surface area contributed by atoms with E-state index in [1.54, 1.807) is 6.33 Å². The molecule has 1 N–H and O–H groups in total. The van der Waals surface area contributed by atoms with Crippen LogP contribution >= 0.6 is 0 Å². The molecule has 0 spiro atoms. The summed E-state index contributed by atoms with van der Waals surface area (Å²) in [5.41, 5.74) is -0.195. The van der Waals surface area contributed by atoms with Crippen LogP contribution in [0.5, 0.6) is 0 Å². The Morgan fingerprint density at radius 3 is 2.94 bits per heavy atom. The number of hydrogen-bond acceptors (Lipinski definition) is 4. The molecule has 0 amide bonds. The van der Waals surface area contributed by atoms with Crippen molar-refractivity contribution in [1.29, 1.82) is 0 Å². The van der Waals surface area contributed by atoms with E-state index in [-0.39, 0.29) is 18.1 Å². The zero-order valence-corrected chi connectivity index (χ0v) is 10.8. The summed E-state index contributed by atoms with van der Waals surface area (Å²) in [7, 11) is 0.